The van der Waals surface area contributed by atoms with Gasteiger partial charge in [0.15, 0.2) is 5.17 Å². The molecule has 2 aromatic carbocycles. The molecule has 3 heterocycles. The number of nitrogens with one attached hydrogen (secondary N) is 1. The number of nitrogens with zero attached hydrogens (tertiary/aromatic N) is 3. The molecule has 0 radical (unpaired) electrons. The van der Waals surface area contributed by atoms with Crippen LogP contribution < -0.4 is 5.32 Å². The topological polar surface area (TPSA) is 83.9 Å². The van der Waals surface area contributed by atoms with Gasteiger partial charge in [0.25, 0.3) is 0 Å². The van der Waals surface area contributed by atoms with Crippen LogP contribution >= 0.6 is 11.8 Å². The molecule has 3 aromatic rings. The second kappa shape index (κ2) is 11.7. The molecule has 39 heavy (non-hydrogen) atoms. The van der Waals surface area contributed by atoms with E-state index in [1.807, 2.05) is 79.6 Å². The molecule has 0 unspecified atom stereocenters. The third kappa shape index (κ3) is 5.96. The van der Waals surface area contributed by atoms with E-state index in [1.165, 1.54) is 11.8 Å². The molecule has 5 rings (SSSR count). The SMILES string of the molecule is CC1=C(C(=O)OCc2ccccc2)[C@H](c2ccc(C)cc2C)N2C(CC(=O)NCc3cccnc3)=CSC2=N1. The molecule has 2 aliphatic rings. The number of aromatic nitrogens is 1. The number of benzene rings is 2. The number of fused-ring (bicyclic) bond motifs is 1. The molecule has 7 nitrogen and oxygen atoms in total. The molecule has 0 fully saturated rings. The smallest absolute Gasteiger partial charge is 0.338 e. The van der Waals surface area contributed by atoms with Crippen LogP contribution in [0, 0.1) is 13.8 Å². The largest absolute Gasteiger partial charge is 0.457 e. The van der Waals surface area contributed by atoms with Crippen molar-refractivity contribution in [2.45, 2.75) is 46.4 Å². The minimum Gasteiger partial charge on any atom is -0.457 e. The van der Waals surface area contributed by atoms with E-state index in [0.717, 1.165) is 38.7 Å². The van der Waals surface area contributed by atoms with Gasteiger partial charge in [0.05, 0.1) is 23.7 Å². The summed E-state index contributed by atoms with van der Waals surface area (Å²) in [7, 11) is 0. The molecular formula is C31H30N4O3S. The number of carbonyl (C=O) groups excluding carboxylic acids is 2. The van der Waals surface area contributed by atoms with Gasteiger partial charge < -0.3 is 15.0 Å². The van der Waals surface area contributed by atoms with Crippen molar-refractivity contribution in [2.75, 3.05) is 0 Å². The Kier molecular flexibility index (Phi) is 7.93. The number of rotatable bonds is 8. The maximum atomic E-state index is 13.6. The lowest BCUT2D eigenvalue weighted by molar-refractivity contribution is -0.141. The second-order valence-corrected chi connectivity index (χ2v) is 10.5. The van der Waals surface area contributed by atoms with Crippen LogP contribution in [0.5, 0.6) is 0 Å². The average Bonchev–Trinajstić information content (AvgIpc) is 3.33. The number of amidine groups is 1. The van der Waals surface area contributed by atoms with Crippen molar-refractivity contribution in [3.63, 3.8) is 0 Å². The van der Waals surface area contributed by atoms with E-state index in [4.69, 9.17) is 9.73 Å². The summed E-state index contributed by atoms with van der Waals surface area (Å²) in [5.74, 6) is -0.535. The number of aliphatic imine (C=N–C) groups is 1. The van der Waals surface area contributed by atoms with Gasteiger partial charge in [0.1, 0.15) is 6.61 Å². The van der Waals surface area contributed by atoms with Crippen molar-refractivity contribution in [2.24, 2.45) is 4.99 Å². The molecule has 1 N–H and O–H groups in total. The molecule has 1 amide bonds. The van der Waals surface area contributed by atoms with Gasteiger partial charge in [-0.15, -0.1) is 0 Å². The van der Waals surface area contributed by atoms with Crippen molar-refractivity contribution in [3.05, 3.63) is 123 Å². The Morgan fingerprint density at radius 1 is 1.03 bits per heavy atom. The average molecular weight is 539 g/mol. The molecular weight excluding hydrogens is 508 g/mol. The first-order valence-electron chi connectivity index (χ1n) is 12.8. The number of thioether (sulfide) groups is 1. The predicted octanol–water partition coefficient (Wildman–Crippen LogP) is 5.72. The lowest BCUT2D eigenvalue weighted by Crippen LogP contribution is -2.38. The zero-order chi connectivity index (χ0) is 27.4. The van der Waals surface area contributed by atoms with E-state index in [2.05, 4.69) is 22.4 Å². The molecule has 2 aliphatic heterocycles. The normalized spacial score (nSPS) is 16.4. The third-order valence-electron chi connectivity index (χ3n) is 6.71. The molecule has 198 valence electrons. The number of hydrogen-bond donors (Lipinski definition) is 1. The Bertz CT molecular complexity index is 1480. The fourth-order valence-electron chi connectivity index (χ4n) is 4.79. The van der Waals surface area contributed by atoms with E-state index in [-0.39, 0.29) is 18.9 Å². The van der Waals surface area contributed by atoms with Gasteiger partial charge in [-0.05, 0) is 54.5 Å². The molecule has 8 heteroatoms. The fraction of sp³-hybridized carbons (Fsp3) is 0.226. The summed E-state index contributed by atoms with van der Waals surface area (Å²) in [5.41, 5.74) is 6.89. The van der Waals surface area contributed by atoms with Crippen LogP contribution in [0.1, 0.15) is 47.2 Å². The minimum atomic E-state index is -0.464. The van der Waals surface area contributed by atoms with Crippen LogP contribution in [-0.2, 0) is 27.5 Å². The van der Waals surface area contributed by atoms with Crippen LogP contribution in [0.2, 0.25) is 0 Å². The van der Waals surface area contributed by atoms with Crippen LogP contribution in [0.25, 0.3) is 0 Å². The zero-order valence-electron chi connectivity index (χ0n) is 22.2. The van der Waals surface area contributed by atoms with Gasteiger partial charge in [0, 0.05) is 24.6 Å². The highest BCUT2D eigenvalue weighted by atomic mass is 32.2. The van der Waals surface area contributed by atoms with Crippen molar-refractivity contribution in [1.82, 2.24) is 15.2 Å². The van der Waals surface area contributed by atoms with Crippen LogP contribution in [0.4, 0.5) is 0 Å². The second-order valence-electron chi connectivity index (χ2n) is 9.63. The van der Waals surface area contributed by atoms with E-state index in [1.54, 1.807) is 12.4 Å². The van der Waals surface area contributed by atoms with E-state index < -0.39 is 12.0 Å². The van der Waals surface area contributed by atoms with Crippen molar-refractivity contribution in [3.8, 4) is 0 Å². The summed E-state index contributed by atoms with van der Waals surface area (Å²) in [6, 6.07) is 19.1. The monoisotopic (exact) mass is 538 g/mol. The Hall–Kier alpha value is -4.17. The first-order valence-corrected chi connectivity index (χ1v) is 13.7. The van der Waals surface area contributed by atoms with Gasteiger partial charge >= 0.3 is 5.97 Å². The lowest BCUT2D eigenvalue weighted by atomic mass is 9.90. The molecule has 0 aliphatic carbocycles. The quantitative estimate of drug-likeness (QED) is 0.369. The highest BCUT2D eigenvalue weighted by molar-refractivity contribution is 8.16. The first-order chi connectivity index (χ1) is 18.9. The Morgan fingerprint density at radius 2 is 1.82 bits per heavy atom. The Morgan fingerprint density at radius 3 is 2.56 bits per heavy atom. The van der Waals surface area contributed by atoms with E-state index in [9.17, 15) is 9.59 Å². The van der Waals surface area contributed by atoms with Gasteiger partial charge in [-0.25, -0.2) is 9.79 Å². The van der Waals surface area contributed by atoms with Crippen LogP contribution in [0.3, 0.4) is 0 Å². The van der Waals surface area contributed by atoms with E-state index in [0.29, 0.717) is 17.8 Å². The number of carbonyl (C=O) groups is 2. The molecule has 1 atom stereocenters. The predicted molar refractivity (Wildman–Crippen MR) is 153 cm³/mol. The number of hydrogen-bond acceptors (Lipinski definition) is 7. The van der Waals surface area contributed by atoms with Crippen molar-refractivity contribution < 1.29 is 14.3 Å². The van der Waals surface area contributed by atoms with Gasteiger partial charge in [-0.2, -0.15) is 0 Å². The van der Waals surface area contributed by atoms with E-state index >= 15 is 0 Å². The van der Waals surface area contributed by atoms with Gasteiger partial charge in [-0.1, -0.05) is 71.9 Å². The Balaban J connectivity index is 1.43. The minimum absolute atomic E-state index is 0.120. The number of allylic oxidation sites excluding steroid dienone is 1. The molecule has 0 saturated carbocycles. The number of esters is 1. The molecule has 0 bridgehead atoms. The van der Waals surface area contributed by atoms with Crippen LogP contribution in [0.15, 0.2) is 100 Å². The zero-order valence-corrected chi connectivity index (χ0v) is 23.0. The highest BCUT2D eigenvalue weighted by Gasteiger charge is 2.41. The number of pyridine rings is 1. The standard InChI is InChI=1S/C31H30N4O3S/c1-20-11-12-26(21(2)14-20)29-28(30(37)38-18-23-8-5-4-6-9-23)22(3)34-31-35(29)25(19-39-31)15-27(36)33-17-24-10-7-13-32-16-24/h4-14,16,19,29H,15,17-18H2,1-3H3,(H,33,36)/t29-/m0/s1. The van der Waals surface area contributed by atoms with Gasteiger partial charge in [-0.3, -0.25) is 9.78 Å². The Labute approximate surface area is 232 Å². The maximum Gasteiger partial charge on any atom is 0.338 e. The summed E-state index contributed by atoms with van der Waals surface area (Å²) >= 11 is 1.46. The first kappa shape index (κ1) is 26.4. The van der Waals surface area contributed by atoms with Crippen molar-refractivity contribution >= 4 is 28.8 Å². The summed E-state index contributed by atoms with van der Waals surface area (Å²) in [4.78, 5) is 37.5. The molecule has 0 spiro atoms. The summed E-state index contributed by atoms with van der Waals surface area (Å²) in [5, 5.41) is 5.67. The molecule has 1 aromatic heterocycles. The lowest BCUT2D eigenvalue weighted by Gasteiger charge is -2.37. The summed E-state index contributed by atoms with van der Waals surface area (Å²) in [6.45, 7) is 6.50. The third-order valence-corrected chi connectivity index (χ3v) is 7.60. The fourth-order valence-corrected chi connectivity index (χ4v) is 5.75. The number of aryl methyl sites for hydroxylation is 2. The molecule has 0 saturated heterocycles. The summed E-state index contributed by atoms with van der Waals surface area (Å²) < 4.78 is 5.80. The number of ether oxygens (including phenoxy) is 1. The number of amides is 1. The van der Waals surface area contributed by atoms with Crippen molar-refractivity contribution in [1.29, 1.82) is 0 Å². The summed E-state index contributed by atoms with van der Waals surface area (Å²) in [6.07, 6.45) is 3.59. The highest BCUT2D eigenvalue weighted by Crippen LogP contribution is 2.45. The van der Waals surface area contributed by atoms with Crippen LogP contribution in [-0.4, -0.2) is 26.9 Å². The maximum absolute atomic E-state index is 13.6. The van der Waals surface area contributed by atoms with Gasteiger partial charge in [0.2, 0.25) is 5.91 Å².